The van der Waals surface area contributed by atoms with Crippen LogP contribution in [0.2, 0.25) is 0 Å². The number of benzene rings is 1. The molecule has 142 valence electrons. The third kappa shape index (κ3) is 3.41. The molecule has 0 saturated carbocycles. The summed E-state index contributed by atoms with van der Waals surface area (Å²) < 4.78 is 16.1. The molecule has 0 aliphatic carbocycles. The second-order valence-electron chi connectivity index (χ2n) is 6.02. The minimum atomic E-state index is -0.359. The van der Waals surface area contributed by atoms with Crippen LogP contribution in [0, 0.1) is 12.7 Å². The molecular weight excluding hydrogens is 383 g/mol. The molecule has 10 heteroatoms. The van der Waals surface area contributed by atoms with Gasteiger partial charge in [-0.2, -0.15) is 5.10 Å². The van der Waals surface area contributed by atoms with Gasteiger partial charge in [-0.15, -0.1) is 11.3 Å². The van der Waals surface area contributed by atoms with Crippen molar-refractivity contribution in [1.82, 2.24) is 24.3 Å². The molecule has 4 rings (SSSR count). The van der Waals surface area contributed by atoms with E-state index in [0.29, 0.717) is 27.7 Å². The molecule has 0 spiro atoms. The minimum Gasteiger partial charge on any atom is -0.302 e. The van der Waals surface area contributed by atoms with Crippen molar-refractivity contribution in [3.05, 3.63) is 64.0 Å². The van der Waals surface area contributed by atoms with Crippen molar-refractivity contribution in [2.75, 3.05) is 5.32 Å². The molecule has 3 heterocycles. The Kier molecular flexibility index (Phi) is 4.70. The number of carbonyl (C=O) groups is 1. The third-order valence-electron chi connectivity index (χ3n) is 4.19. The smallest absolute Gasteiger partial charge is 0.264 e. The molecule has 0 saturated heterocycles. The molecule has 8 nitrogen and oxygen atoms in total. The van der Waals surface area contributed by atoms with Gasteiger partial charge in [0.2, 0.25) is 5.91 Å². The van der Waals surface area contributed by atoms with Crippen LogP contribution in [0.1, 0.15) is 12.2 Å². The Morgan fingerprint density at radius 2 is 2.07 bits per heavy atom. The van der Waals surface area contributed by atoms with Crippen molar-refractivity contribution in [1.29, 1.82) is 0 Å². The van der Waals surface area contributed by atoms with Crippen LogP contribution < -0.4 is 10.9 Å². The number of halogens is 1. The fourth-order valence-electron chi connectivity index (χ4n) is 2.82. The first-order valence-electron chi connectivity index (χ1n) is 8.43. The summed E-state index contributed by atoms with van der Waals surface area (Å²) in [5.41, 5.74) is 0.707. The van der Waals surface area contributed by atoms with Gasteiger partial charge in [0.25, 0.3) is 5.56 Å². The van der Waals surface area contributed by atoms with Crippen LogP contribution in [0.4, 0.5) is 9.52 Å². The summed E-state index contributed by atoms with van der Waals surface area (Å²) in [6.07, 6.45) is 3.14. The first-order valence-corrected chi connectivity index (χ1v) is 9.31. The summed E-state index contributed by atoms with van der Waals surface area (Å²) in [5.74, 6) is -0.130. The van der Waals surface area contributed by atoms with E-state index in [2.05, 4.69) is 20.4 Å². The molecule has 0 radical (unpaired) electrons. The number of carbonyl (C=O) groups excluding carboxylic acids is 1. The number of thiazole rings is 1. The maximum atomic E-state index is 13.2. The number of hydrogen-bond acceptors (Lipinski definition) is 6. The lowest BCUT2D eigenvalue weighted by Crippen LogP contribution is -2.26. The molecule has 0 fully saturated rings. The van der Waals surface area contributed by atoms with E-state index in [0.717, 1.165) is 0 Å². The molecular formula is C18H15FN6O2S. The van der Waals surface area contributed by atoms with Crippen molar-refractivity contribution >= 4 is 33.4 Å². The van der Waals surface area contributed by atoms with Gasteiger partial charge in [0.05, 0.1) is 11.9 Å². The Balaban J connectivity index is 1.61. The number of anilines is 1. The normalized spacial score (nSPS) is 11.1. The Labute approximate surface area is 162 Å². The second kappa shape index (κ2) is 7.31. The molecule has 0 bridgehead atoms. The second-order valence-corrected chi connectivity index (χ2v) is 6.92. The van der Waals surface area contributed by atoms with Crippen LogP contribution in [0.15, 0.2) is 46.8 Å². The zero-order valence-corrected chi connectivity index (χ0v) is 15.6. The minimum absolute atomic E-state index is 0.111. The van der Waals surface area contributed by atoms with E-state index in [9.17, 15) is 14.0 Å². The summed E-state index contributed by atoms with van der Waals surface area (Å²) in [5, 5.41) is 9.51. The number of aryl methyl sites for hydroxylation is 1. The van der Waals surface area contributed by atoms with Crippen LogP contribution in [-0.4, -0.2) is 30.2 Å². The number of hydrogen-bond donors (Lipinski definition) is 1. The van der Waals surface area contributed by atoms with E-state index < -0.39 is 0 Å². The van der Waals surface area contributed by atoms with E-state index in [-0.39, 0.29) is 30.2 Å². The van der Waals surface area contributed by atoms with Crippen molar-refractivity contribution in [2.24, 2.45) is 0 Å². The molecule has 0 aliphatic rings. The molecule has 3 aromatic heterocycles. The highest BCUT2D eigenvalue weighted by atomic mass is 32.1. The molecule has 0 unspecified atom stereocenters. The van der Waals surface area contributed by atoms with Crippen LogP contribution in [0.25, 0.3) is 16.7 Å². The summed E-state index contributed by atoms with van der Waals surface area (Å²) in [4.78, 5) is 33.4. The Bertz CT molecular complexity index is 1200. The molecule has 0 aliphatic heterocycles. The van der Waals surface area contributed by atoms with Crippen LogP contribution >= 0.6 is 11.3 Å². The fraction of sp³-hybridized carbons (Fsp3) is 0.167. The monoisotopic (exact) mass is 398 g/mol. The number of fused-ring (bicyclic) bond motifs is 1. The van der Waals surface area contributed by atoms with Crippen LogP contribution in [0.5, 0.6) is 0 Å². The van der Waals surface area contributed by atoms with E-state index in [1.807, 2.05) is 0 Å². The Morgan fingerprint density at radius 3 is 2.79 bits per heavy atom. The average Bonchev–Trinajstić information content (AvgIpc) is 3.32. The predicted octanol–water partition coefficient (Wildman–Crippen LogP) is 2.52. The SMILES string of the molecule is Cc1nc2c(cnn2-c2ccc(F)cc2)c(=O)n1CCC(=O)Nc1nccs1. The van der Waals surface area contributed by atoms with E-state index in [1.165, 1.54) is 38.9 Å². The van der Waals surface area contributed by atoms with Crippen molar-refractivity contribution in [2.45, 2.75) is 19.9 Å². The lowest BCUT2D eigenvalue weighted by Gasteiger charge is -2.10. The summed E-state index contributed by atoms with van der Waals surface area (Å²) in [7, 11) is 0. The first kappa shape index (κ1) is 18.0. The zero-order chi connectivity index (χ0) is 19.7. The zero-order valence-electron chi connectivity index (χ0n) is 14.8. The number of amides is 1. The highest BCUT2D eigenvalue weighted by Crippen LogP contribution is 2.15. The molecule has 4 aromatic rings. The van der Waals surface area contributed by atoms with Gasteiger partial charge in [-0.05, 0) is 31.2 Å². The summed E-state index contributed by atoms with van der Waals surface area (Å²) in [6.45, 7) is 1.88. The third-order valence-corrected chi connectivity index (χ3v) is 4.88. The maximum absolute atomic E-state index is 13.2. The quantitative estimate of drug-likeness (QED) is 0.557. The van der Waals surface area contributed by atoms with E-state index in [1.54, 1.807) is 30.6 Å². The van der Waals surface area contributed by atoms with Gasteiger partial charge in [-0.3, -0.25) is 14.2 Å². The van der Waals surface area contributed by atoms with Gasteiger partial charge < -0.3 is 5.32 Å². The average molecular weight is 398 g/mol. The van der Waals surface area contributed by atoms with Crippen LogP contribution in [0.3, 0.4) is 0 Å². The maximum Gasteiger partial charge on any atom is 0.264 e. The summed E-state index contributed by atoms with van der Waals surface area (Å²) in [6, 6.07) is 5.76. The van der Waals surface area contributed by atoms with Crippen molar-refractivity contribution in [3.63, 3.8) is 0 Å². The van der Waals surface area contributed by atoms with Crippen molar-refractivity contribution in [3.8, 4) is 5.69 Å². The van der Waals surface area contributed by atoms with Crippen molar-refractivity contribution < 1.29 is 9.18 Å². The van der Waals surface area contributed by atoms with Crippen LogP contribution in [-0.2, 0) is 11.3 Å². The van der Waals surface area contributed by atoms with E-state index in [4.69, 9.17) is 0 Å². The largest absolute Gasteiger partial charge is 0.302 e. The van der Waals surface area contributed by atoms with Gasteiger partial charge in [0, 0.05) is 24.5 Å². The number of rotatable bonds is 5. The predicted molar refractivity (Wildman–Crippen MR) is 103 cm³/mol. The lowest BCUT2D eigenvalue weighted by atomic mass is 10.3. The standard InChI is InChI=1S/C18H15FN6O2S/c1-11-22-16-14(10-21-25(16)13-4-2-12(19)3-5-13)17(27)24(11)8-6-15(26)23-18-20-7-9-28-18/h2-5,7,9-10H,6,8H2,1H3,(H,20,23,26). The molecule has 1 aromatic carbocycles. The van der Waals surface area contributed by atoms with Gasteiger partial charge >= 0.3 is 0 Å². The molecule has 1 N–H and O–H groups in total. The van der Waals surface area contributed by atoms with Gasteiger partial charge in [0.15, 0.2) is 10.8 Å². The Hall–Kier alpha value is -3.40. The fourth-order valence-corrected chi connectivity index (χ4v) is 3.37. The first-order chi connectivity index (χ1) is 13.5. The topological polar surface area (TPSA) is 94.7 Å². The highest BCUT2D eigenvalue weighted by molar-refractivity contribution is 7.13. The number of aromatic nitrogens is 5. The van der Waals surface area contributed by atoms with E-state index >= 15 is 0 Å². The van der Waals surface area contributed by atoms with Gasteiger partial charge in [0.1, 0.15) is 17.0 Å². The lowest BCUT2D eigenvalue weighted by molar-refractivity contribution is -0.116. The number of nitrogens with one attached hydrogen (secondary N) is 1. The number of nitrogens with zero attached hydrogens (tertiary/aromatic N) is 5. The molecule has 0 atom stereocenters. The Morgan fingerprint density at radius 1 is 1.29 bits per heavy atom. The molecule has 1 amide bonds. The highest BCUT2D eigenvalue weighted by Gasteiger charge is 2.15. The van der Waals surface area contributed by atoms with Gasteiger partial charge in [-0.25, -0.2) is 19.0 Å². The molecule has 28 heavy (non-hydrogen) atoms. The van der Waals surface area contributed by atoms with Gasteiger partial charge in [-0.1, -0.05) is 0 Å². The summed E-state index contributed by atoms with van der Waals surface area (Å²) >= 11 is 1.32.